The third-order valence-corrected chi connectivity index (χ3v) is 4.88. The highest BCUT2D eigenvalue weighted by molar-refractivity contribution is 8.01. The number of rotatable bonds is 7. The second-order valence-electron chi connectivity index (χ2n) is 4.79. The summed E-state index contributed by atoms with van der Waals surface area (Å²) in [5.41, 5.74) is 10.8. The monoisotopic (exact) mass is 280 g/mol. The molecule has 0 aromatic heterocycles. The molecular weight excluding hydrogens is 260 g/mol. The highest BCUT2D eigenvalue weighted by Gasteiger charge is 2.41. The van der Waals surface area contributed by atoms with Crippen LogP contribution >= 0.6 is 11.8 Å². The van der Waals surface area contributed by atoms with Gasteiger partial charge in [-0.1, -0.05) is 32.0 Å². The lowest BCUT2D eigenvalue weighted by Gasteiger charge is -2.33. The quantitative estimate of drug-likeness (QED) is 0.748. The molecule has 1 aromatic carbocycles. The van der Waals surface area contributed by atoms with Crippen LogP contribution in [0.3, 0.4) is 0 Å². The summed E-state index contributed by atoms with van der Waals surface area (Å²) >= 11 is 1.41. The molecular formula is C14H20N2O2S. The summed E-state index contributed by atoms with van der Waals surface area (Å²) in [6.07, 6.45) is 0.510. The Labute approximate surface area is 117 Å². The Hall–Kier alpha value is -1.49. The van der Waals surface area contributed by atoms with Crippen LogP contribution in [0.15, 0.2) is 35.2 Å². The van der Waals surface area contributed by atoms with Gasteiger partial charge in [-0.2, -0.15) is 0 Å². The summed E-state index contributed by atoms with van der Waals surface area (Å²) in [4.78, 5) is 23.9. The van der Waals surface area contributed by atoms with E-state index in [0.717, 1.165) is 4.90 Å². The van der Waals surface area contributed by atoms with E-state index in [1.54, 1.807) is 0 Å². The molecule has 0 aliphatic heterocycles. The molecule has 0 saturated carbocycles. The van der Waals surface area contributed by atoms with Gasteiger partial charge in [-0.05, 0) is 24.5 Å². The zero-order valence-electron chi connectivity index (χ0n) is 11.3. The van der Waals surface area contributed by atoms with Crippen LogP contribution in [0.4, 0.5) is 0 Å². The van der Waals surface area contributed by atoms with Gasteiger partial charge in [0.25, 0.3) is 0 Å². The van der Waals surface area contributed by atoms with Crippen molar-refractivity contribution in [2.45, 2.75) is 36.3 Å². The van der Waals surface area contributed by atoms with Crippen molar-refractivity contribution in [3.63, 3.8) is 0 Å². The van der Waals surface area contributed by atoms with E-state index >= 15 is 0 Å². The fraction of sp³-hybridized carbons (Fsp3) is 0.429. The number of hydrogen-bond acceptors (Lipinski definition) is 3. The van der Waals surface area contributed by atoms with E-state index < -0.39 is 16.6 Å². The van der Waals surface area contributed by atoms with Crippen LogP contribution in [0.5, 0.6) is 0 Å². The minimum absolute atomic E-state index is 0.00885. The first kappa shape index (κ1) is 15.6. The van der Waals surface area contributed by atoms with E-state index in [2.05, 4.69) is 0 Å². The molecule has 0 saturated heterocycles. The third-order valence-electron chi connectivity index (χ3n) is 3.14. The Balaban J connectivity index is 3.02. The molecule has 1 rings (SSSR count). The SMILES string of the molecule is CC(C)C(CCC(N)=O)(Sc1ccccc1)C(N)=O. The first-order chi connectivity index (χ1) is 8.88. The van der Waals surface area contributed by atoms with E-state index in [0.29, 0.717) is 6.42 Å². The molecule has 104 valence electrons. The summed E-state index contributed by atoms with van der Waals surface area (Å²) in [6.45, 7) is 3.86. The van der Waals surface area contributed by atoms with Gasteiger partial charge in [0.05, 0.1) is 0 Å². The first-order valence-corrected chi connectivity index (χ1v) is 7.02. The number of hydrogen-bond donors (Lipinski definition) is 2. The van der Waals surface area contributed by atoms with E-state index in [9.17, 15) is 9.59 Å². The Kier molecular flexibility index (Phi) is 5.42. The van der Waals surface area contributed by atoms with Crippen LogP contribution in [-0.4, -0.2) is 16.6 Å². The van der Waals surface area contributed by atoms with Gasteiger partial charge < -0.3 is 11.5 Å². The van der Waals surface area contributed by atoms with E-state index in [4.69, 9.17) is 11.5 Å². The molecule has 0 radical (unpaired) electrons. The van der Waals surface area contributed by atoms with Crippen molar-refractivity contribution in [2.24, 2.45) is 17.4 Å². The van der Waals surface area contributed by atoms with E-state index in [1.807, 2.05) is 44.2 Å². The third kappa shape index (κ3) is 3.99. The maximum atomic E-state index is 11.9. The maximum absolute atomic E-state index is 11.9. The number of nitrogens with two attached hydrogens (primary N) is 2. The fourth-order valence-corrected chi connectivity index (χ4v) is 3.18. The second kappa shape index (κ2) is 6.61. The molecule has 2 amide bonds. The molecule has 0 spiro atoms. The number of primary amides is 2. The van der Waals surface area contributed by atoms with Crippen molar-refractivity contribution < 1.29 is 9.59 Å². The van der Waals surface area contributed by atoms with Crippen LogP contribution in [0, 0.1) is 5.92 Å². The normalized spacial score (nSPS) is 14.1. The number of benzene rings is 1. The van der Waals surface area contributed by atoms with Gasteiger partial charge in [-0.15, -0.1) is 11.8 Å². The standard InChI is InChI=1S/C14H20N2O2S/c1-10(2)14(13(16)18,9-8-12(15)17)19-11-6-4-3-5-7-11/h3-7,10H,8-9H2,1-2H3,(H2,15,17)(H2,16,18). The van der Waals surface area contributed by atoms with Crippen LogP contribution in [0.25, 0.3) is 0 Å². The molecule has 1 unspecified atom stereocenters. The van der Waals surface area contributed by atoms with Crippen LogP contribution in [-0.2, 0) is 9.59 Å². The number of carbonyl (C=O) groups excluding carboxylic acids is 2. The predicted molar refractivity (Wildman–Crippen MR) is 77.5 cm³/mol. The zero-order chi connectivity index (χ0) is 14.5. The van der Waals surface area contributed by atoms with Crippen molar-refractivity contribution in [3.8, 4) is 0 Å². The summed E-state index contributed by atoms with van der Waals surface area (Å²) in [5, 5.41) is 0. The van der Waals surface area contributed by atoms with Crippen molar-refractivity contribution in [1.82, 2.24) is 0 Å². The van der Waals surface area contributed by atoms with E-state index in [-0.39, 0.29) is 12.3 Å². The van der Waals surface area contributed by atoms with Gasteiger partial charge in [0.2, 0.25) is 11.8 Å². The minimum atomic E-state index is -0.809. The highest BCUT2D eigenvalue weighted by atomic mass is 32.2. The Morgan fingerprint density at radius 2 is 1.79 bits per heavy atom. The smallest absolute Gasteiger partial charge is 0.234 e. The lowest BCUT2D eigenvalue weighted by atomic mass is 9.89. The Morgan fingerprint density at radius 3 is 2.21 bits per heavy atom. The lowest BCUT2D eigenvalue weighted by molar-refractivity contribution is -0.122. The van der Waals surface area contributed by atoms with Crippen molar-refractivity contribution in [1.29, 1.82) is 0 Å². The lowest BCUT2D eigenvalue weighted by Crippen LogP contribution is -2.46. The summed E-state index contributed by atoms with van der Waals surface area (Å²) in [6, 6.07) is 9.57. The number of thioether (sulfide) groups is 1. The molecule has 0 aliphatic rings. The zero-order valence-corrected chi connectivity index (χ0v) is 12.1. The molecule has 0 bridgehead atoms. The summed E-state index contributed by atoms with van der Waals surface area (Å²) in [7, 11) is 0. The molecule has 1 atom stereocenters. The van der Waals surface area contributed by atoms with Crippen molar-refractivity contribution in [2.75, 3.05) is 0 Å². The molecule has 0 aliphatic carbocycles. The molecule has 0 fully saturated rings. The van der Waals surface area contributed by atoms with Crippen LogP contribution in [0.2, 0.25) is 0 Å². The molecule has 4 N–H and O–H groups in total. The molecule has 0 heterocycles. The van der Waals surface area contributed by atoms with Gasteiger partial charge in [-0.25, -0.2) is 0 Å². The summed E-state index contributed by atoms with van der Waals surface area (Å²) < 4.78 is -0.809. The highest BCUT2D eigenvalue weighted by Crippen LogP contribution is 2.42. The predicted octanol–water partition coefficient (Wildman–Crippen LogP) is 1.92. The molecule has 1 aromatic rings. The summed E-state index contributed by atoms with van der Waals surface area (Å²) in [5.74, 6) is -0.813. The number of amides is 2. The largest absolute Gasteiger partial charge is 0.370 e. The van der Waals surface area contributed by atoms with Crippen LogP contribution in [0.1, 0.15) is 26.7 Å². The van der Waals surface area contributed by atoms with Gasteiger partial charge in [0.1, 0.15) is 4.75 Å². The topological polar surface area (TPSA) is 86.2 Å². The Morgan fingerprint density at radius 1 is 1.21 bits per heavy atom. The first-order valence-electron chi connectivity index (χ1n) is 6.21. The van der Waals surface area contributed by atoms with E-state index in [1.165, 1.54) is 11.8 Å². The van der Waals surface area contributed by atoms with Crippen molar-refractivity contribution in [3.05, 3.63) is 30.3 Å². The Bertz CT molecular complexity index is 448. The average Bonchev–Trinajstić information content (AvgIpc) is 2.34. The van der Waals surface area contributed by atoms with Gasteiger partial charge in [0.15, 0.2) is 0 Å². The van der Waals surface area contributed by atoms with Crippen molar-refractivity contribution >= 4 is 23.6 Å². The average molecular weight is 280 g/mol. The molecule has 19 heavy (non-hydrogen) atoms. The number of carbonyl (C=O) groups is 2. The van der Waals surface area contributed by atoms with Gasteiger partial charge in [-0.3, -0.25) is 9.59 Å². The molecule has 5 heteroatoms. The second-order valence-corrected chi connectivity index (χ2v) is 6.19. The minimum Gasteiger partial charge on any atom is -0.370 e. The van der Waals surface area contributed by atoms with Crippen LogP contribution < -0.4 is 11.5 Å². The van der Waals surface area contributed by atoms with Gasteiger partial charge in [0, 0.05) is 11.3 Å². The van der Waals surface area contributed by atoms with Gasteiger partial charge >= 0.3 is 0 Å². The fourth-order valence-electron chi connectivity index (χ4n) is 1.92. The maximum Gasteiger partial charge on any atom is 0.234 e. The molecule has 4 nitrogen and oxygen atoms in total.